The lowest BCUT2D eigenvalue weighted by Gasteiger charge is -2.27. The Bertz CT molecular complexity index is 481. The van der Waals surface area contributed by atoms with Crippen molar-refractivity contribution in [1.82, 2.24) is 4.90 Å². The Labute approximate surface area is 118 Å². The van der Waals surface area contributed by atoms with E-state index >= 15 is 0 Å². The quantitative estimate of drug-likeness (QED) is 0.902. The van der Waals surface area contributed by atoms with Crippen molar-refractivity contribution in [3.05, 3.63) is 22.7 Å². The first-order chi connectivity index (χ1) is 9.20. The van der Waals surface area contributed by atoms with Crippen molar-refractivity contribution in [2.24, 2.45) is 11.7 Å². The number of hydrogen-bond acceptors (Lipinski definition) is 4. The van der Waals surface area contributed by atoms with Gasteiger partial charge in [-0.25, -0.2) is 0 Å². The van der Waals surface area contributed by atoms with Gasteiger partial charge in [-0.3, -0.25) is 4.90 Å². The maximum atomic E-state index is 6.17. The van der Waals surface area contributed by atoms with Crippen LogP contribution in [0.2, 0.25) is 5.02 Å². The second-order valence-electron chi connectivity index (χ2n) is 5.28. The number of fused-ring (bicyclic) bond motifs is 1. The molecule has 3 rings (SSSR count). The summed E-state index contributed by atoms with van der Waals surface area (Å²) in [6, 6.07) is 4.28. The summed E-state index contributed by atoms with van der Waals surface area (Å²) >= 11 is 6.17. The van der Waals surface area contributed by atoms with E-state index in [1.54, 1.807) is 0 Å². The first-order valence-electron chi connectivity index (χ1n) is 6.69. The Balaban J connectivity index is 1.97. The molecule has 1 aromatic rings. The van der Waals surface area contributed by atoms with Gasteiger partial charge in [-0.2, -0.15) is 0 Å². The number of halogens is 1. The van der Waals surface area contributed by atoms with Gasteiger partial charge in [0.1, 0.15) is 13.2 Å². The monoisotopic (exact) mass is 282 g/mol. The molecule has 0 saturated carbocycles. The fourth-order valence-corrected chi connectivity index (χ4v) is 3.23. The van der Waals surface area contributed by atoms with Gasteiger partial charge in [-0.05, 0) is 32.0 Å². The van der Waals surface area contributed by atoms with Crippen LogP contribution in [-0.4, -0.2) is 38.3 Å². The fraction of sp³-hybridized carbons (Fsp3) is 0.571. The number of nitrogens with zero attached hydrogens (tertiary/aromatic N) is 1. The minimum absolute atomic E-state index is 0.335. The van der Waals surface area contributed by atoms with Crippen molar-refractivity contribution < 1.29 is 9.47 Å². The molecule has 104 valence electrons. The van der Waals surface area contributed by atoms with Gasteiger partial charge in [0.25, 0.3) is 0 Å². The SMILES string of the molecule is CN1CC(CN)CC1c1ccc(Cl)c2c1OCCO2. The van der Waals surface area contributed by atoms with Gasteiger partial charge >= 0.3 is 0 Å². The maximum absolute atomic E-state index is 6.17. The molecule has 2 aliphatic rings. The van der Waals surface area contributed by atoms with Crippen LogP contribution in [0.5, 0.6) is 11.5 Å². The summed E-state index contributed by atoms with van der Waals surface area (Å²) in [5, 5.41) is 0.620. The first kappa shape index (κ1) is 13.0. The highest BCUT2D eigenvalue weighted by Crippen LogP contribution is 2.46. The second-order valence-corrected chi connectivity index (χ2v) is 5.69. The van der Waals surface area contributed by atoms with Gasteiger partial charge in [-0.1, -0.05) is 17.7 Å². The minimum atomic E-state index is 0.335. The Morgan fingerprint density at radius 2 is 2.05 bits per heavy atom. The van der Waals surface area contributed by atoms with Gasteiger partial charge in [0, 0.05) is 18.2 Å². The molecule has 2 aliphatic heterocycles. The summed E-state index contributed by atoms with van der Waals surface area (Å²) in [5.41, 5.74) is 6.96. The van der Waals surface area contributed by atoms with E-state index in [0.717, 1.165) is 30.8 Å². The maximum Gasteiger partial charge on any atom is 0.180 e. The predicted molar refractivity (Wildman–Crippen MR) is 75.0 cm³/mol. The molecule has 1 aromatic carbocycles. The van der Waals surface area contributed by atoms with Crippen molar-refractivity contribution in [3.63, 3.8) is 0 Å². The van der Waals surface area contributed by atoms with Crippen LogP contribution in [-0.2, 0) is 0 Å². The third kappa shape index (κ3) is 2.29. The van der Waals surface area contributed by atoms with Gasteiger partial charge in [0.15, 0.2) is 11.5 Å². The van der Waals surface area contributed by atoms with Crippen molar-refractivity contribution >= 4 is 11.6 Å². The Hall–Kier alpha value is -0.970. The van der Waals surface area contributed by atoms with E-state index in [-0.39, 0.29) is 0 Å². The van der Waals surface area contributed by atoms with Crippen LogP contribution in [0.4, 0.5) is 0 Å². The summed E-state index contributed by atoms with van der Waals surface area (Å²) in [6.07, 6.45) is 1.06. The van der Waals surface area contributed by atoms with Gasteiger partial charge in [-0.15, -0.1) is 0 Å². The van der Waals surface area contributed by atoms with Crippen LogP contribution in [0.1, 0.15) is 18.0 Å². The van der Waals surface area contributed by atoms with E-state index in [9.17, 15) is 0 Å². The number of ether oxygens (including phenoxy) is 2. The third-order valence-corrected chi connectivity index (χ3v) is 4.30. The molecule has 0 aromatic heterocycles. The highest BCUT2D eigenvalue weighted by atomic mass is 35.5. The Morgan fingerprint density at radius 3 is 2.74 bits per heavy atom. The predicted octanol–water partition coefficient (Wildman–Crippen LogP) is 2.06. The second kappa shape index (κ2) is 5.19. The van der Waals surface area contributed by atoms with E-state index in [4.69, 9.17) is 26.8 Å². The van der Waals surface area contributed by atoms with E-state index in [1.807, 2.05) is 6.07 Å². The van der Waals surface area contributed by atoms with Crippen molar-refractivity contribution in [3.8, 4) is 11.5 Å². The highest BCUT2D eigenvalue weighted by molar-refractivity contribution is 6.32. The molecule has 4 nitrogen and oxygen atoms in total. The Morgan fingerprint density at radius 1 is 1.32 bits per heavy atom. The number of likely N-dealkylation sites (tertiary alicyclic amines) is 1. The lowest BCUT2D eigenvalue weighted by Crippen LogP contribution is -2.22. The number of hydrogen-bond donors (Lipinski definition) is 1. The molecular weight excluding hydrogens is 264 g/mol. The molecule has 19 heavy (non-hydrogen) atoms. The summed E-state index contributed by atoms with van der Waals surface area (Å²) in [7, 11) is 2.13. The summed E-state index contributed by atoms with van der Waals surface area (Å²) in [4.78, 5) is 2.33. The van der Waals surface area contributed by atoms with E-state index < -0.39 is 0 Å². The summed E-state index contributed by atoms with van der Waals surface area (Å²) in [5.74, 6) is 2.05. The molecule has 2 atom stereocenters. The van der Waals surface area contributed by atoms with E-state index in [2.05, 4.69) is 18.0 Å². The van der Waals surface area contributed by atoms with Crippen LogP contribution < -0.4 is 15.2 Å². The standard InChI is InChI=1S/C14H19ClN2O2/c1-17-8-9(7-16)6-12(17)10-2-3-11(15)14-13(10)18-4-5-19-14/h2-3,9,12H,4-8,16H2,1H3. The zero-order chi connectivity index (χ0) is 13.4. The topological polar surface area (TPSA) is 47.7 Å². The average molecular weight is 283 g/mol. The van der Waals surface area contributed by atoms with E-state index in [0.29, 0.717) is 35.9 Å². The fourth-order valence-electron chi connectivity index (χ4n) is 3.03. The number of nitrogens with two attached hydrogens (primary N) is 1. The molecule has 1 saturated heterocycles. The molecule has 0 aliphatic carbocycles. The van der Waals surface area contributed by atoms with Crippen molar-refractivity contribution in [1.29, 1.82) is 0 Å². The number of benzene rings is 1. The smallest absolute Gasteiger partial charge is 0.180 e. The highest BCUT2D eigenvalue weighted by Gasteiger charge is 2.33. The van der Waals surface area contributed by atoms with Crippen LogP contribution in [0.15, 0.2) is 12.1 Å². The molecule has 0 amide bonds. The zero-order valence-electron chi connectivity index (χ0n) is 11.1. The largest absolute Gasteiger partial charge is 0.486 e. The van der Waals surface area contributed by atoms with Crippen molar-refractivity contribution in [2.75, 3.05) is 33.4 Å². The lowest BCUT2D eigenvalue weighted by atomic mass is 9.98. The molecular formula is C14H19ClN2O2. The molecule has 0 radical (unpaired) electrons. The van der Waals surface area contributed by atoms with Gasteiger partial charge in [0.2, 0.25) is 0 Å². The molecule has 2 heterocycles. The normalized spacial score (nSPS) is 26.7. The average Bonchev–Trinajstić information content (AvgIpc) is 2.81. The van der Waals surface area contributed by atoms with Crippen LogP contribution >= 0.6 is 11.6 Å². The summed E-state index contributed by atoms with van der Waals surface area (Å²) in [6.45, 7) is 2.90. The van der Waals surface area contributed by atoms with Crippen molar-refractivity contribution in [2.45, 2.75) is 12.5 Å². The van der Waals surface area contributed by atoms with Crippen LogP contribution in [0.25, 0.3) is 0 Å². The zero-order valence-corrected chi connectivity index (χ0v) is 11.8. The molecule has 1 fully saturated rings. The van der Waals surface area contributed by atoms with Crippen LogP contribution in [0.3, 0.4) is 0 Å². The third-order valence-electron chi connectivity index (χ3n) is 4.00. The van der Waals surface area contributed by atoms with Crippen LogP contribution in [0, 0.1) is 5.92 Å². The molecule has 2 unspecified atom stereocenters. The molecule has 0 bridgehead atoms. The van der Waals surface area contributed by atoms with E-state index in [1.165, 1.54) is 0 Å². The first-order valence-corrected chi connectivity index (χ1v) is 7.06. The Kier molecular flexibility index (Phi) is 3.56. The lowest BCUT2D eigenvalue weighted by molar-refractivity contribution is 0.166. The molecule has 5 heteroatoms. The molecule has 2 N–H and O–H groups in total. The molecule has 0 spiro atoms. The van der Waals surface area contributed by atoms with Gasteiger partial charge in [0.05, 0.1) is 5.02 Å². The summed E-state index contributed by atoms with van der Waals surface area (Å²) < 4.78 is 11.4. The minimum Gasteiger partial charge on any atom is -0.486 e. The number of rotatable bonds is 2. The van der Waals surface area contributed by atoms with Gasteiger partial charge < -0.3 is 15.2 Å².